The van der Waals surface area contributed by atoms with E-state index >= 15 is 0 Å². The molecular weight excluding hydrogens is 244 g/mol. The Morgan fingerprint density at radius 2 is 1.95 bits per heavy atom. The van der Waals surface area contributed by atoms with Gasteiger partial charge in [0.1, 0.15) is 23.5 Å². The summed E-state index contributed by atoms with van der Waals surface area (Å²) in [5.41, 5.74) is 2.38. The van der Waals surface area contributed by atoms with Crippen LogP contribution in [0.25, 0.3) is 11.3 Å². The minimum atomic E-state index is 0.646. The first-order chi connectivity index (χ1) is 9.22. The number of rotatable bonds is 4. The van der Waals surface area contributed by atoms with Crippen molar-refractivity contribution in [3.8, 4) is 22.8 Å². The van der Waals surface area contributed by atoms with Crippen molar-refractivity contribution in [3.63, 3.8) is 0 Å². The standard InChI is InChI=1S/C13H16N4O2/c1-8-10(18-3)6-5-9(12(8)19-4)11-13(14-2)15-7-16-17-11/h5-7H,1-4H3,(H,14,15,16). The minimum absolute atomic E-state index is 0.646. The summed E-state index contributed by atoms with van der Waals surface area (Å²) in [7, 11) is 5.04. The highest BCUT2D eigenvalue weighted by Crippen LogP contribution is 2.38. The third kappa shape index (κ3) is 2.29. The molecule has 1 heterocycles. The van der Waals surface area contributed by atoms with Crippen molar-refractivity contribution in [2.45, 2.75) is 6.92 Å². The lowest BCUT2D eigenvalue weighted by molar-refractivity contribution is 0.390. The summed E-state index contributed by atoms with van der Waals surface area (Å²) in [5, 5.41) is 11.0. The number of ether oxygens (including phenoxy) is 2. The quantitative estimate of drug-likeness (QED) is 0.905. The molecule has 1 aromatic carbocycles. The van der Waals surface area contributed by atoms with E-state index in [2.05, 4.69) is 20.5 Å². The Bertz CT molecular complexity index is 587. The molecule has 0 aliphatic heterocycles. The molecule has 19 heavy (non-hydrogen) atoms. The molecule has 6 nitrogen and oxygen atoms in total. The van der Waals surface area contributed by atoms with Crippen LogP contribution in [0.5, 0.6) is 11.5 Å². The van der Waals surface area contributed by atoms with Gasteiger partial charge in [-0.15, -0.1) is 10.2 Å². The van der Waals surface area contributed by atoms with Gasteiger partial charge in [0, 0.05) is 18.2 Å². The zero-order chi connectivity index (χ0) is 13.8. The first-order valence-corrected chi connectivity index (χ1v) is 5.80. The van der Waals surface area contributed by atoms with Crippen molar-refractivity contribution < 1.29 is 9.47 Å². The molecule has 100 valence electrons. The van der Waals surface area contributed by atoms with Gasteiger partial charge in [-0.05, 0) is 19.1 Å². The number of hydrogen-bond donors (Lipinski definition) is 1. The van der Waals surface area contributed by atoms with Gasteiger partial charge >= 0.3 is 0 Å². The normalized spacial score (nSPS) is 10.1. The molecule has 0 unspecified atom stereocenters. The second-order valence-corrected chi connectivity index (χ2v) is 3.88. The molecule has 0 radical (unpaired) electrons. The second-order valence-electron chi connectivity index (χ2n) is 3.88. The molecule has 0 saturated carbocycles. The summed E-state index contributed by atoms with van der Waals surface area (Å²) in [6, 6.07) is 3.76. The van der Waals surface area contributed by atoms with Crippen LogP contribution < -0.4 is 14.8 Å². The van der Waals surface area contributed by atoms with E-state index in [4.69, 9.17) is 9.47 Å². The molecule has 0 atom stereocenters. The molecule has 0 aliphatic carbocycles. The van der Waals surface area contributed by atoms with Crippen molar-refractivity contribution in [1.82, 2.24) is 15.2 Å². The molecule has 6 heteroatoms. The van der Waals surface area contributed by atoms with Crippen molar-refractivity contribution in [2.75, 3.05) is 26.6 Å². The summed E-state index contributed by atoms with van der Waals surface area (Å²) >= 11 is 0. The SMILES string of the molecule is CNc1ncnnc1-c1ccc(OC)c(C)c1OC. The highest BCUT2D eigenvalue weighted by atomic mass is 16.5. The Hall–Kier alpha value is -2.37. The Morgan fingerprint density at radius 1 is 1.16 bits per heavy atom. The molecule has 0 bridgehead atoms. The summed E-state index contributed by atoms with van der Waals surface area (Å²) in [5.74, 6) is 2.12. The summed E-state index contributed by atoms with van der Waals surface area (Å²) in [4.78, 5) is 4.15. The first-order valence-electron chi connectivity index (χ1n) is 5.80. The van der Waals surface area contributed by atoms with E-state index in [9.17, 15) is 0 Å². The average Bonchev–Trinajstić information content (AvgIpc) is 2.46. The smallest absolute Gasteiger partial charge is 0.156 e. The molecule has 1 N–H and O–H groups in total. The monoisotopic (exact) mass is 260 g/mol. The Kier molecular flexibility index (Phi) is 3.79. The van der Waals surface area contributed by atoms with Crippen LogP contribution in [-0.2, 0) is 0 Å². The lowest BCUT2D eigenvalue weighted by Gasteiger charge is -2.14. The Balaban J connectivity index is 2.65. The highest BCUT2D eigenvalue weighted by molar-refractivity contribution is 5.78. The average molecular weight is 260 g/mol. The van der Waals surface area contributed by atoms with E-state index in [0.29, 0.717) is 17.3 Å². The van der Waals surface area contributed by atoms with Crippen LogP contribution in [0.4, 0.5) is 5.82 Å². The van der Waals surface area contributed by atoms with Crippen molar-refractivity contribution in [1.29, 1.82) is 0 Å². The second kappa shape index (κ2) is 5.51. The number of hydrogen-bond acceptors (Lipinski definition) is 6. The maximum Gasteiger partial charge on any atom is 0.156 e. The number of aromatic nitrogens is 3. The Morgan fingerprint density at radius 3 is 2.58 bits per heavy atom. The maximum absolute atomic E-state index is 5.47. The number of methoxy groups -OCH3 is 2. The van der Waals surface area contributed by atoms with Gasteiger partial charge in [0.25, 0.3) is 0 Å². The van der Waals surface area contributed by atoms with Crippen LogP contribution in [0, 0.1) is 6.92 Å². The Labute approximate surface area is 111 Å². The van der Waals surface area contributed by atoms with Crippen molar-refractivity contribution in [2.24, 2.45) is 0 Å². The van der Waals surface area contributed by atoms with Crippen LogP contribution in [0.2, 0.25) is 0 Å². The molecule has 2 aromatic rings. The van der Waals surface area contributed by atoms with Crippen molar-refractivity contribution in [3.05, 3.63) is 24.0 Å². The number of nitrogens with one attached hydrogen (secondary N) is 1. The molecule has 0 spiro atoms. The van der Waals surface area contributed by atoms with Crippen LogP contribution >= 0.6 is 0 Å². The summed E-state index contributed by atoms with van der Waals surface area (Å²) < 4.78 is 10.8. The number of anilines is 1. The fourth-order valence-corrected chi connectivity index (χ4v) is 1.98. The molecule has 2 rings (SSSR count). The fourth-order valence-electron chi connectivity index (χ4n) is 1.98. The van der Waals surface area contributed by atoms with E-state index in [1.807, 2.05) is 19.1 Å². The summed E-state index contributed by atoms with van der Waals surface area (Å²) in [6.07, 6.45) is 1.40. The lowest BCUT2D eigenvalue weighted by atomic mass is 10.1. The van der Waals surface area contributed by atoms with Gasteiger partial charge in [-0.2, -0.15) is 0 Å². The van der Waals surface area contributed by atoms with E-state index in [1.165, 1.54) is 6.33 Å². The molecule has 0 fully saturated rings. The van der Waals surface area contributed by atoms with Gasteiger partial charge in [-0.1, -0.05) is 0 Å². The predicted molar refractivity (Wildman–Crippen MR) is 72.7 cm³/mol. The maximum atomic E-state index is 5.47. The lowest BCUT2D eigenvalue weighted by Crippen LogP contribution is -2.02. The van der Waals surface area contributed by atoms with Crippen LogP contribution in [0.15, 0.2) is 18.5 Å². The van der Waals surface area contributed by atoms with Gasteiger partial charge in [0.05, 0.1) is 14.2 Å². The topological polar surface area (TPSA) is 69.2 Å². The third-order valence-electron chi connectivity index (χ3n) is 2.89. The van der Waals surface area contributed by atoms with E-state index in [0.717, 1.165) is 16.9 Å². The fraction of sp³-hybridized carbons (Fsp3) is 0.308. The van der Waals surface area contributed by atoms with E-state index in [1.54, 1.807) is 21.3 Å². The molecule has 0 aliphatic rings. The molecular formula is C13H16N4O2. The largest absolute Gasteiger partial charge is 0.496 e. The zero-order valence-electron chi connectivity index (χ0n) is 11.4. The number of benzene rings is 1. The summed E-state index contributed by atoms with van der Waals surface area (Å²) in [6.45, 7) is 1.93. The third-order valence-corrected chi connectivity index (χ3v) is 2.89. The zero-order valence-corrected chi connectivity index (χ0v) is 11.4. The van der Waals surface area contributed by atoms with Crippen molar-refractivity contribution >= 4 is 5.82 Å². The van der Waals surface area contributed by atoms with Crippen LogP contribution in [0.1, 0.15) is 5.56 Å². The minimum Gasteiger partial charge on any atom is -0.496 e. The van der Waals surface area contributed by atoms with Crippen LogP contribution in [-0.4, -0.2) is 36.4 Å². The van der Waals surface area contributed by atoms with Gasteiger partial charge < -0.3 is 14.8 Å². The molecule has 0 saturated heterocycles. The highest BCUT2D eigenvalue weighted by Gasteiger charge is 2.17. The van der Waals surface area contributed by atoms with Gasteiger partial charge in [0.2, 0.25) is 0 Å². The first kappa shape index (κ1) is 13.1. The predicted octanol–water partition coefficient (Wildman–Crippen LogP) is 1.91. The molecule has 1 aromatic heterocycles. The van der Waals surface area contributed by atoms with Gasteiger partial charge in [0.15, 0.2) is 5.82 Å². The van der Waals surface area contributed by atoms with Gasteiger partial charge in [-0.3, -0.25) is 0 Å². The number of nitrogens with zero attached hydrogens (tertiary/aromatic N) is 3. The van der Waals surface area contributed by atoms with E-state index in [-0.39, 0.29) is 0 Å². The molecule has 0 amide bonds. The van der Waals surface area contributed by atoms with E-state index < -0.39 is 0 Å². The van der Waals surface area contributed by atoms with Gasteiger partial charge in [-0.25, -0.2) is 4.98 Å². The van der Waals surface area contributed by atoms with Crippen LogP contribution in [0.3, 0.4) is 0 Å².